The van der Waals surface area contributed by atoms with Crippen molar-refractivity contribution in [2.75, 3.05) is 13.1 Å². The van der Waals surface area contributed by atoms with Crippen LogP contribution in [0.1, 0.15) is 6.04 Å². The zero-order chi connectivity index (χ0) is 14.6. The molecule has 1 aliphatic rings. The maximum absolute atomic E-state index is 10.6. The van der Waals surface area contributed by atoms with Crippen LogP contribution in [0.4, 0.5) is 19.0 Å². The third-order valence-electron chi connectivity index (χ3n) is 2.18. The number of rotatable bonds is 2. The fourth-order valence-electron chi connectivity index (χ4n) is 1.18. The fraction of sp³-hybridized carbons (Fsp3) is 0.500. The Morgan fingerprint density at radius 2 is 2.11 bits per heavy atom. The first-order valence-corrected chi connectivity index (χ1v) is 4.92. The minimum absolute atomic E-state index is 0.0708. The highest BCUT2D eigenvalue weighted by Crippen LogP contribution is 2.18. The van der Waals surface area contributed by atoms with Crippen LogP contribution in [0.2, 0.25) is 0 Å². The second kappa shape index (κ2) is 5.65. The lowest BCUT2D eigenvalue weighted by Crippen LogP contribution is -2.44. The summed E-state index contributed by atoms with van der Waals surface area (Å²) >= 11 is 0. The van der Waals surface area contributed by atoms with E-state index < -0.39 is 17.1 Å². The predicted octanol–water partition coefficient (Wildman–Crippen LogP) is 0.569. The van der Waals surface area contributed by atoms with E-state index in [0.29, 0.717) is 0 Å². The Labute approximate surface area is 104 Å². The molecule has 1 aromatic rings. The van der Waals surface area contributed by atoms with Crippen molar-refractivity contribution in [3.05, 3.63) is 22.4 Å². The van der Waals surface area contributed by atoms with Crippen molar-refractivity contribution in [3.63, 3.8) is 0 Å². The van der Waals surface area contributed by atoms with E-state index in [0.717, 1.165) is 13.1 Å². The lowest BCUT2D eigenvalue weighted by atomic mass is 10.2. The number of aliphatic carboxylic acids is 1. The van der Waals surface area contributed by atoms with Crippen LogP contribution in [0.25, 0.3) is 0 Å². The van der Waals surface area contributed by atoms with Crippen LogP contribution in [-0.2, 0) is 4.79 Å². The third-order valence-corrected chi connectivity index (χ3v) is 2.18. The Hall–Kier alpha value is -2.17. The van der Waals surface area contributed by atoms with Gasteiger partial charge in [-0.3, -0.25) is 0 Å². The smallest absolute Gasteiger partial charge is 0.475 e. The van der Waals surface area contributed by atoms with Gasteiger partial charge < -0.3 is 20.5 Å². The van der Waals surface area contributed by atoms with E-state index in [2.05, 4.69) is 10.4 Å². The van der Waals surface area contributed by atoms with Crippen LogP contribution >= 0.6 is 0 Å². The minimum Gasteiger partial charge on any atom is -0.475 e. The fourth-order valence-corrected chi connectivity index (χ4v) is 1.18. The highest BCUT2D eigenvalue weighted by atomic mass is 19.4. The Bertz CT molecular complexity index is 469. The van der Waals surface area contributed by atoms with E-state index in [1.165, 1.54) is 16.9 Å². The van der Waals surface area contributed by atoms with Crippen molar-refractivity contribution < 1.29 is 28.0 Å². The first-order valence-electron chi connectivity index (χ1n) is 4.92. The van der Waals surface area contributed by atoms with E-state index in [1.54, 1.807) is 0 Å². The van der Waals surface area contributed by atoms with Gasteiger partial charge in [0.1, 0.15) is 6.04 Å². The predicted molar refractivity (Wildman–Crippen MR) is 54.5 cm³/mol. The number of carbonyl (C=O) groups is 1. The van der Waals surface area contributed by atoms with Crippen molar-refractivity contribution in [1.82, 2.24) is 15.1 Å². The molecule has 2 rings (SSSR count). The highest BCUT2D eigenvalue weighted by Gasteiger charge is 2.38. The van der Waals surface area contributed by atoms with E-state index >= 15 is 0 Å². The average molecular weight is 282 g/mol. The molecular formula is C8H9F3N4O4. The Morgan fingerprint density at radius 1 is 1.58 bits per heavy atom. The molecule has 0 bridgehead atoms. The number of carboxylic acid groups (broad SMARTS) is 1. The van der Waals surface area contributed by atoms with Crippen LogP contribution in [0.15, 0.2) is 12.3 Å². The lowest BCUT2D eigenvalue weighted by Gasteiger charge is -2.23. The van der Waals surface area contributed by atoms with Gasteiger partial charge in [-0.15, -0.1) is 4.68 Å². The largest absolute Gasteiger partial charge is 0.490 e. The average Bonchev–Trinajstić information content (AvgIpc) is 2.63. The van der Waals surface area contributed by atoms with Crippen molar-refractivity contribution >= 4 is 11.8 Å². The summed E-state index contributed by atoms with van der Waals surface area (Å²) in [5.74, 6) is -2.69. The molecule has 2 heterocycles. The Kier molecular flexibility index (Phi) is 4.43. The molecule has 19 heavy (non-hydrogen) atoms. The summed E-state index contributed by atoms with van der Waals surface area (Å²) < 4.78 is 33.2. The van der Waals surface area contributed by atoms with Crippen LogP contribution in [0.5, 0.6) is 0 Å². The summed E-state index contributed by atoms with van der Waals surface area (Å²) in [7, 11) is 0. The molecule has 1 aliphatic heterocycles. The number of halogens is 3. The van der Waals surface area contributed by atoms with Gasteiger partial charge >= 0.3 is 18.0 Å². The molecule has 0 aromatic carbocycles. The molecule has 0 aliphatic carbocycles. The zero-order valence-corrected chi connectivity index (χ0v) is 9.29. The van der Waals surface area contributed by atoms with Crippen LogP contribution in [0.3, 0.4) is 0 Å². The summed E-state index contributed by atoms with van der Waals surface area (Å²) in [6.45, 7) is 1.53. The summed E-state index contributed by atoms with van der Waals surface area (Å²) in [6, 6.07) is 1.57. The molecule has 106 valence electrons. The molecule has 0 unspecified atom stereocenters. The Morgan fingerprint density at radius 3 is 2.42 bits per heavy atom. The summed E-state index contributed by atoms with van der Waals surface area (Å²) in [4.78, 5) is 18.9. The third kappa shape index (κ3) is 3.91. The summed E-state index contributed by atoms with van der Waals surface area (Å²) in [6.07, 6.45) is -3.63. The molecule has 0 saturated carbocycles. The molecule has 0 radical (unpaired) electrons. The summed E-state index contributed by atoms with van der Waals surface area (Å²) in [5, 5.41) is 24.5. The number of alkyl halides is 3. The number of nitro groups is 1. The van der Waals surface area contributed by atoms with E-state index in [-0.39, 0.29) is 11.9 Å². The lowest BCUT2D eigenvalue weighted by molar-refractivity contribution is -0.393. The van der Waals surface area contributed by atoms with Gasteiger partial charge in [-0.05, 0) is 4.92 Å². The number of carboxylic acids is 1. The van der Waals surface area contributed by atoms with Gasteiger partial charge in [-0.2, -0.15) is 13.2 Å². The number of hydrogen-bond acceptors (Lipinski definition) is 5. The van der Waals surface area contributed by atoms with Gasteiger partial charge in [0.15, 0.2) is 0 Å². The molecule has 0 amide bonds. The van der Waals surface area contributed by atoms with Crippen LogP contribution in [-0.4, -0.2) is 45.0 Å². The monoisotopic (exact) mass is 282 g/mol. The standard InChI is InChI=1S/C6H8N4O2.C2HF3O2/c11-10(12)6-1-2-8-9(6)5-3-7-4-5;3-2(4,5)1(6)7/h1-2,5,7H,3-4H2;(H,6,7). The maximum atomic E-state index is 10.6. The van der Waals surface area contributed by atoms with E-state index in [1.807, 2.05) is 0 Å². The number of nitrogens with zero attached hydrogens (tertiary/aromatic N) is 3. The second-order valence-corrected chi connectivity index (χ2v) is 3.51. The van der Waals surface area contributed by atoms with Gasteiger partial charge in [0.2, 0.25) is 0 Å². The van der Waals surface area contributed by atoms with Crippen LogP contribution < -0.4 is 5.32 Å². The van der Waals surface area contributed by atoms with Gasteiger partial charge in [0, 0.05) is 13.1 Å². The first kappa shape index (κ1) is 14.9. The molecule has 11 heteroatoms. The topological polar surface area (TPSA) is 110 Å². The minimum atomic E-state index is -5.08. The quantitative estimate of drug-likeness (QED) is 0.606. The van der Waals surface area contributed by atoms with Gasteiger partial charge in [0.25, 0.3) is 0 Å². The van der Waals surface area contributed by atoms with E-state index in [4.69, 9.17) is 9.90 Å². The van der Waals surface area contributed by atoms with E-state index in [9.17, 15) is 23.3 Å². The number of aromatic nitrogens is 2. The second-order valence-electron chi connectivity index (χ2n) is 3.51. The first-order chi connectivity index (χ1) is 8.73. The van der Waals surface area contributed by atoms with Crippen molar-refractivity contribution in [2.24, 2.45) is 0 Å². The molecule has 8 nitrogen and oxygen atoms in total. The van der Waals surface area contributed by atoms with Crippen molar-refractivity contribution in [2.45, 2.75) is 12.2 Å². The van der Waals surface area contributed by atoms with Gasteiger partial charge in [0.05, 0.1) is 12.3 Å². The number of hydrogen-bond donors (Lipinski definition) is 2. The molecule has 1 saturated heterocycles. The molecule has 0 spiro atoms. The zero-order valence-electron chi connectivity index (χ0n) is 9.29. The van der Waals surface area contributed by atoms with Crippen molar-refractivity contribution in [1.29, 1.82) is 0 Å². The maximum Gasteiger partial charge on any atom is 0.490 e. The van der Waals surface area contributed by atoms with Gasteiger partial charge in [-0.25, -0.2) is 4.79 Å². The van der Waals surface area contributed by atoms with Crippen molar-refractivity contribution in [3.8, 4) is 0 Å². The molecule has 2 N–H and O–H groups in total. The van der Waals surface area contributed by atoms with Crippen LogP contribution in [0, 0.1) is 10.1 Å². The Balaban J connectivity index is 0.000000224. The molecule has 1 fully saturated rings. The summed E-state index contributed by atoms with van der Waals surface area (Å²) in [5.41, 5.74) is 0. The SMILES string of the molecule is O=C(O)C(F)(F)F.O=[N+]([O-])c1ccnn1C1CNC1. The normalized spacial score (nSPS) is 15.1. The molecule has 0 atom stereocenters. The molecular weight excluding hydrogens is 273 g/mol. The molecule has 1 aromatic heterocycles. The van der Waals surface area contributed by atoms with Gasteiger partial charge in [-0.1, -0.05) is 5.10 Å². The number of nitrogens with one attached hydrogen (secondary N) is 1. The highest BCUT2D eigenvalue weighted by molar-refractivity contribution is 5.73.